The zero-order valence-electron chi connectivity index (χ0n) is 14.8. The third kappa shape index (κ3) is 3.04. The Balaban J connectivity index is 1.43. The average molecular weight is 345 g/mol. The number of carbonyl (C=O) groups is 1. The summed E-state index contributed by atoms with van der Waals surface area (Å²) in [5, 5.41) is 0. The van der Waals surface area contributed by atoms with E-state index in [4.69, 9.17) is 4.74 Å². The number of aliphatic imine (C=N–C) groups is 1. The predicted octanol–water partition coefficient (Wildman–Crippen LogP) is 3.70. The second-order valence-electron chi connectivity index (χ2n) is 6.43. The summed E-state index contributed by atoms with van der Waals surface area (Å²) >= 11 is 0. The fourth-order valence-electron chi connectivity index (χ4n) is 2.98. The zero-order valence-corrected chi connectivity index (χ0v) is 14.8. The normalized spacial score (nSPS) is 12.5. The number of fused-ring (bicyclic) bond motifs is 1. The molecule has 0 unspecified atom stereocenters. The van der Waals surface area contributed by atoms with E-state index >= 15 is 0 Å². The molecule has 0 bridgehead atoms. The highest BCUT2D eigenvalue weighted by Crippen LogP contribution is 2.25. The van der Waals surface area contributed by atoms with Crippen molar-refractivity contribution in [3.63, 3.8) is 0 Å². The highest BCUT2D eigenvalue weighted by atomic mass is 16.5. The number of aromatic nitrogens is 2. The molecule has 1 aliphatic rings. The number of benzene rings is 2. The number of imidazole rings is 1. The van der Waals surface area contributed by atoms with Crippen molar-refractivity contribution in [2.45, 2.75) is 27.0 Å². The molecule has 2 aromatic carbocycles. The Bertz CT molecular complexity index is 1000. The number of nitrogens with zero attached hydrogens (tertiary/aromatic N) is 3. The Morgan fingerprint density at radius 3 is 2.54 bits per heavy atom. The molecule has 3 aromatic rings. The topological polar surface area (TPSA) is 56.5 Å². The molecule has 5 nitrogen and oxygen atoms in total. The van der Waals surface area contributed by atoms with E-state index in [2.05, 4.69) is 45.7 Å². The third-order valence-corrected chi connectivity index (χ3v) is 4.72. The van der Waals surface area contributed by atoms with Crippen LogP contribution < -0.4 is 4.74 Å². The summed E-state index contributed by atoms with van der Waals surface area (Å²) in [6.45, 7) is 5.35. The van der Waals surface area contributed by atoms with Gasteiger partial charge in [0.2, 0.25) is 0 Å². The fourth-order valence-corrected chi connectivity index (χ4v) is 2.98. The standard InChI is InChI=1S/C21H19N3O2/c1-14-15(2)24(13-23-14)11-16-6-8-17(9-7-16)12-26-20-5-3-4-18-19(20)10-22-21(18)25/h3-10,13H,11-12H2,1-2H3. The van der Waals surface area contributed by atoms with Crippen LogP contribution in [0, 0.1) is 13.8 Å². The highest BCUT2D eigenvalue weighted by molar-refractivity contribution is 6.14. The molecule has 0 saturated carbocycles. The second kappa shape index (κ2) is 6.59. The smallest absolute Gasteiger partial charge is 0.277 e. The lowest BCUT2D eigenvalue weighted by Gasteiger charge is -2.10. The van der Waals surface area contributed by atoms with Crippen molar-refractivity contribution in [1.82, 2.24) is 9.55 Å². The van der Waals surface area contributed by atoms with Gasteiger partial charge in [0.1, 0.15) is 12.4 Å². The molecule has 1 aromatic heterocycles. The number of hydrogen-bond donors (Lipinski definition) is 0. The molecule has 1 amide bonds. The molecule has 0 spiro atoms. The number of amides is 1. The molecular formula is C21H19N3O2. The Labute approximate surface area is 152 Å². The van der Waals surface area contributed by atoms with Gasteiger partial charge in [0, 0.05) is 24.0 Å². The van der Waals surface area contributed by atoms with Crippen molar-refractivity contribution >= 4 is 12.1 Å². The van der Waals surface area contributed by atoms with Crippen molar-refractivity contribution in [2.24, 2.45) is 4.99 Å². The van der Waals surface area contributed by atoms with Gasteiger partial charge in [-0.05, 0) is 37.1 Å². The minimum absolute atomic E-state index is 0.208. The molecule has 0 aliphatic carbocycles. The molecule has 0 N–H and O–H groups in total. The first kappa shape index (κ1) is 16.3. The lowest BCUT2D eigenvalue weighted by Crippen LogP contribution is -2.02. The molecule has 0 atom stereocenters. The highest BCUT2D eigenvalue weighted by Gasteiger charge is 2.18. The maximum absolute atomic E-state index is 11.6. The Kier molecular flexibility index (Phi) is 4.13. The van der Waals surface area contributed by atoms with Crippen molar-refractivity contribution < 1.29 is 9.53 Å². The van der Waals surface area contributed by atoms with Crippen molar-refractivity contribution in [2.75, 3.05) is 0 Å². The Hall–Kier alpha value is -3.21. The molecule has 2 heterocycles. The molecule has 4 rings (SSSR count). The number of rotatable bonds is 5. The molecule has 5 heteroatoms. The molecule has 0 saturated heterocycles. The van der Waals surface area contributed by atoms with E-state index < -0.39 is 0 Å². The summed E-state index contributed by atoms with van der Waals surface area (Å²) in [5.41, 5.74) is 5.90. The summed E-state index contributed by atoms with van der Waals surface area (Å²) in [6, 6.07) is 13.8. The summed E-state index contributed by atoms with van der Waals surface area (Å²) < 4.78 is 8.05. The number of carbonyl (C=O) groups excluding carboxylic acids is 1. The first-order valence-electron chi connectivity index (χ1n) is 8.52. The van der Waals surface area contributed by atoms with Gasteiger partial charge >= 0.3 is 0 Å². The van der Waals surface area contributed by atoms with Crippen LogP contribution in [0.2, 0.25) is 0 Å². The summed E-state index contributed by atoms with van der Waals surface area (Å²) in [5.74, 6) is 0.477. The SMILES string of the molecule is Cc1ncn(Cc2ccc(COc3cccc4c3C=NC4=O)cc2)c1C. The summed E-state index contributed by atoms with van der Waals surface area (Å²) in [6.07, 6.45) is 3.45. The van der Waals surface area contributed by atoms with E-state index in [1.54, 1.807) is 12.3 Å². The van der Waals surface area contributed by atoms with Gasteiger partial charge < -0.3 is 9.30 Å². The summed E-state index contributed by atoms with van der Waals surface area (Å²) in [7, 11) is 0. The van der Waals surface area contributed by atoms with Crippen LogP contribution in [0.4, 0.5) is 0 Å². The largest absolute Gasteiger partial charge is 0.488 e. The van der Waals surface area contributed by atoms with E-state index in [0.29, 0.717) is 17.9 Å². The third-order valence-electron chi connectivity index (χ3n) is 4.72. The molecule has 0 radical (unpaired) electrons. The first-order chi connectivity index (χ1) is 12.6. The van der Waals surface area contributed by atoms with Gasteiger partial charge in [-0.15, -0.1) is 0 Å². The fraction of sp³-hybridized carbons (Fsp3) is 0.190. The van der Waals surface area contributed by atoms with E-state index in [9.17, 15) is 4.79 Å². The van der Waals surface area contributed by atoms with Crippen molar-refractivity contribution in [1.29, 1.82) is 0 Å². The first-order valence-corrected chi connectivity index (χ1v) is 8.52. The van der Waals surface area contributed by atoms with Crippen LogP contribution in [-0.4, -0.2) is 21.7 Å². The lowest BCUT2D eigenvalue weighted by molar-refractivity contribution is 0.101. The molecule has 130 valence electrons. The molecular weight excluding hydrogens is 326 g/mol. The van der Waals surface area contributed by atoms with Gasteiger partial charge in [-0.1, -0.05) is 30.3 Å². The Morgan fingerprint density at radius 2 is 1.81 bits per heavy atom. The van der Waals surface area contributed by atoms with Gasteiger partial charge in [0.25, 0.3) is 5.91 Å². The maximum Gasteiger partial charge on any atom is 0.277 e. The van der Waals surface area contributed by atoms with Crippen LogP contribution in [0.1, 0.15) is 38.4 Å². The van der Waals surface area contributed by atoms with E-state index in [0.717, 1.165) is 23.4 Å². The van der Waals surface area contributed by atoms with Gasteiger partial charge in [-0.2, -0.15) is 0 Å². The van der Waals surface area contributed by atoms with Crippen LogP contribution >= 0.6 is 0 Å². The van der Waals surface area contributed by atoms with Crippen LogP contribution in [0.5, 0.6) is 5.75 Å². The molecule has 0 fully saturated rings. The van der Waals surface area contributed by atoms with Gasteiger partial charge in [0.15, 0.2) is 0 Å². The molecule has 1 aliphatic heterocycles. The maximum atomic E-state index is 11.6. The summed E-state index contributed by atoms with van der Waals surface area (Å²) in [4.78, 5) is 19.8. The Morgan fingerprint density at radius 1 is 1.04 bits per heavy atom. The molecule has 26 heavy (non-hydrogen) atoms. The second-order valence-corrected chi connectivity index (χ2v) is 6.43. The quantitative estimate of drug-likeness (QED) is 0.708. The number of aryl methyl sites for hydroxylation is 1. The minimum Gasteiger partial charge on any atom is -0.488 e. The lowest BCUT2D eigenvalue weighted by atomic mass is 10.1. The van der Waals surface area contributed by atoms with Crippen molar-refractivity contribution in [3.05, 3.63) is 82.4 Å². The minimum atomic E-state index is -0.208. The monoisotopic (exact) mass is 345 g/mol. The van der Waals surface area contributed by atoms with Gasteiger partial charge in [0.05, 0.1) is 17.6 Å². The van der Waals surface area contributed by atoms with E-state index in [-0.39, 0.29) is 5.91 Å². The van der Waals surface area contributed by atoms with Crippen LogP contribution in [0.25, 0.3) is 0 Å². The number of ether oxygens (including phenoxy) is 1. The number of hydrogen-bond acceptors (Lipinski definition) is 3. The predicted molar refractivity (Wildman–Crippen MR) is 99.9 cm³/mol. The zero-order chi connectivity index (χ0) is 18.1. The van der Waals surface area contributed by atoms with Crippen LogP contribution in [0.15, 0.2) is 53.8 Å². The van der Waals surface area contributed by atoms with Gasteiger partial charge in [-0.3, -0.25) is 4.79 Å². The van der Waals surface area contributed by atoms with E-state index in [1.165, 1.54) is 11.3 Å². The van der Waals surface area contributed by atoms with Crippen LogP contribution in [-0.2, 0) is 13.2 Å². The van der Waals surface area contributed by atoms with Gasteiger partial charge in [-0.25, -0.2) is 9.98 Å². The van der Waals surface area contributed by atoms with E-state index in [1.807, 2.05) is 25.4 Å². The average Bonchev–Trinajstić information content (AvgIpc) is 3.19. The van der Waals surface area contributed by atoms with Crippen molar-refractivity contribution in [3.8, 4) is 5.75 Å². The van der Waals surface area contributed by atoms with Crippen LogP contribution in [0.3, 0.4) is 0 Å².